The molecule has 0 saturated heterocycles. The fourth-order valence-electron chi connectivity index (χ4n) is 0.449. The summed E-state index contributed by atoms with van der Waals surface area (Å²) in [6.07, 6.45) is 1.89. The Bertz CT molecular complexity index is 89.9. The van der Waals surface area contributed by atoms with E-state index in [4.69, 9.17) is 0 Å². The second-order valence-electron chi connectivity index (χ2n) is 1.67. The zero-order chi connectivity index (χ0) is 5.33. The van der Waals surface area contributed by atoms with Crippen molar-refractivity contribution in [1.29, 1.82) is 0 Å². The third-order valence-electron chi connectivity index (χ3n) is 0.817. The van der Waals surface area contributed by atoms with Crippen LogP contribution in [0.5, 0.6) is 0 Å². The number of hydrogen-bond acceptors (Lipinski definition) is 2. The predicted molar refractivity (Wildman–Crippen MR) is 31.1 cm³/mol. The van der Waals surface area contributed by atoms with Crippen LogP contribution in [0.25, 0.3) is 0 Å². The van der Waals surface area contributed by atoms with Crippen LogP contribution in [0.15, 0.2) is 11.5 Å². The van der Waals surface area contributed by atoms with Crippen molar-refractivity contribution in [2.24, 2.45) is 0 Å². The van der Waals surface area contributed by atoms with Gasteiger partial charge in [0.1, 0.15) is 18.5 Å². The lowest BCUT2D eigenvalue weighted by Gasteiger charge is -2.29. The number of likely N-dealkylation sites (N-methyl/N-ethyl adjacent to an activating group) is 1. The highest BCUT2D eigenvalue weighted by molar-refractivity contribution is 7.97. The molecule has 0 saturated carbocycles. The van der Waals surface area contributed by atoms with E-state index in [0.717, 1.165) is 0 Å². The number of rotatable bonds is 0. The molecular weight excluding hydrogens is 110 g/mol. The number of hydrogen-bond donors (Lipinski definition) is 0. The smallest absolute Gasteiger partial charge is 0.109 e. The van der Waals surface area contributed by atoms with E-state index in [2.05, 4.69) is 0 Å². The van der Waals surface area contributed by atoms with Crippen LogP contribution in [-0.4, -0.2) is 17.6 Å². The largest absolute Gasteiger partial charge is 0.620 e. The number of hydroxylamine groups is 2. The van der Waals surface area contributed by atoms with Crippen molar-refractivity contribution in [3.63, 3.8) is 0 Å². The molecular formula is C4H7NOS. The fourth-order valence-corrected chi connectivity index (χ4v) is 1.05. The Hall–Kier alpha value is 0.01000. The minimum absolute atomic E-state index is 0.194. The molecule has 0 N–H and O–H groups in total. The molecule has 2 nitrogen and oxygen atoms in total. The minimum atomic E-state index is -0.194. The lowest BCUT2D eigenvalue weighted by atomic mass is 10.6. The molecule has 1 heterocycles. The molecule has 0 bridgehead atoms. The molecule has 0 aromatic heterocycles. The van der Waals surface area contributed by atoms with Crippen LogP contribution in [0.4, 0.5) is 0 Å². The van der Waals surface area contributed by atoms with Crippen molar-refractivity contribution in [3.8, 4) is 0 Å². The van der Waals surface area contributed by atoms with Crippen LogP contribution in [0, 0.1) is 5.21 Å². The van der Waals surface area contributed by atoms with Crippen molar-refractivity contribution in [2.75, 3.05) is 13.6 Å². The molecule has 0 fully saturated rings. The first-order valence-electron chi connectivity index (χ1n) is 2.11. The Morgan fingerprint density at radius 1 is 1.86 bits per heavy atom. The summed E-state index contributed by atoms with van der Waals surface area (Å²) in [5.74, 6) is 0. The van der Waals surface area contributed by atoms with Gasteiger partial charge in [0, 0.05) is 5.41 Å². The average molecular weight is 117 g/mol. The Kier molecular flexibility index (Phi) is 1.11. The van der Waals surface area contributed by atoms with Gasteiger partial charge in [-0.2, -0.15) is 0 Å². The molecule has 1 rings (SSSR count). The van der Waals surface area contributed by atoms with Gasteiger partial charge in [0.15, 0.2) is 0 Å². The van der Waals surface area contributed by atoms with Crippen molar-refractivity contribution in [1.82, 2.24) is 0 Å². The summed E-state index contributed by atoms with van der Waals surface area (Å²) in [6, 6.07) is 0. The maximum atomic E-state index is 10.7. The van der Waals surface area contributed by atoms with Gasteiger partial charge < -0.3 is 5.21 Å². The van der Waals surface area contributed by atoms with E-state index in [0.29, 0.717) is 6.54 Å². The second kappa shape index (κ2) is 1.51. The molecule has 0 aliphatic carbocycles. The van der Waals surface area contributed by atoms with Crippen molar-refractivity contribution >= 4 is 11.9 Å². The van der Waals surface area contributed by atoms with Crippen molar-refractivity contribution in [3.05, 3.63) is 16.7 Å². The zero-order valence-electron chi connectivity index (χ0n) is 4.13. The molecule has 1 aliphatic heterocycles. The quantitative estimate of drug-likeness (QED) is 0.269. The topological polar surface area (TPSA) is 23.1 Å². The fraction of sp³-hybridized carbons (Fsp3) is 0.500. The molecule has 0 radical (unpaired) electrons. The first-order valence-corrected chi connectivity index (χ1v) is 2.94. The first kappa shape index (κ1) is 5.15. The zero-order valence-corrected chi connectivity index (χ0v) is 4.94. The van der Waals surface area contributed by atoms with Crippen molar-refractivity contribution < 1.29 is 4.05 Å². The summed E-state index contributed by atoms with van der Waals surface area (Å²) >= 11 is 1.30. The van der Waals surface area contributed by atoms with Gasteiger partial charge in [0.2, 0.25) is 0 Å². The van der Waals surface area contributed by atoms with E-state index in [1.165, 1.54) is 11.9 Å². The van der Waals surface area contributed by atoms with Gasteiger partial charge in [-0.25, -0.2) is 0 Å². The van der Waals surface area contributed by atoms with E-state index in [-0.39, 0.29) is 4.05 Å². The Labute approximate surface area is 47.1 Å². The Morgan fingerprint density at radius 2 is 2.57 bits per heavy atom. The number of quaternary nitrogens is 1. The molecule has 0 spiro atoms. The van der Waals surface area contributed by atoms with E-state index in [1.54, 1.807) is 7.05 Å². The first-order chi connectivity index (χ1) is 3.21. The van der Waals surface area contributed by atoms with Gasteiger partial charge in [-0.1, -0.05) is 0 Å². The predicted octanol–water partition coefficient (Wildman–Crippen LogP) is 1.11. The summed E-state index contributed by atoms with van der Waals surface area (Å²) in [6.45, 7) is 0.616. The molecule has 1 unspecified atom stereocenters. The van der Waals surface area contributed by atoms with Gasteiger partial charge >= 0.3 is 0 Å². The van der Waals surface area contributed by atoms with Gasteiger partial charge in [0.25, 0.3) is 0 Å². The summed E-state index contributed by atoms with van der Waals surface area (Å²) < 4.78 is -0.194. The molecule has 40 valence electrons. The monoisotopic (exact) mass is 117 g/mol. The van der Waals surface area contributed by atoms with Crippen LogP contribution in [0.1, 0.15) is 0 Å². The average Bonchev–Trinajstić information content (AvgIpc) is 1.84. The van der Waals surface area contributed by atoms with Gasteiger partial charge in [0.05, 0.1) is 7.05 Å². The third kappa shape index (κ3) is 1.19. The minimum Gasteiger partial charge on any atom is -0.620 e. The molecule has 0 aromatic rings. The lowest BCUT2D eigenvalue weighted by Crippen LogP contribution is -2.24. The highest BCUT2D eigenvalue weighted by Crippen LogP contribution is 2.24. The maximum absolute atomic E-state index is 10.7. The van der Waals surface area contributed by atoms with E-state index in [9.17, 15) is 5.21 Å². The summed E-state index contributed by atoms with van der Waals surface area (Å²) in [5, 5.41) is 12.6. The van der Waals surface area contributed by atoms with E-state index >= 15 is 0 Å². The van der Waals surface area contributed by atoms with Gasteiger partial charge in [-0.05, 0) is 6.08 Å². The Balaban J connectivity index is 2.49. The molecule has 3 heteroatoms. The highest BCUT2D eigenvalue weighted by atomic mass is 32.2. The molecule has 0 amide bonds. The van der Waals surface area contributed by atoms with Crippen LogP contribution >= 0.6 is 11.9 Å². The standard InChI is InChI=1S/C4H7NOS/c1-5(6)3-2-4-7-5/h2,4H,3H2,1H3. The summed E-state index contributed by atoms with van der Waals surface area (Å²) in [5.41, 5.74) is 0. The highest BCUT2D eigenvalue weighted by Gasteiger charge is 2.12. The normalized spacial score (nSPS) is 39.7. The van der Waals surface area contributed by atoms with Crippen LogP contribution < -0.4 is 0 Å². The van der Waals surface area contributed by atoms with Crippen LogP contribution in [-0.2, 0) is 0 Å². The number of nitrogens with zero attached hydrogens (tertiary/aromatic N) is 1. The Morgan fingerprint density at radius 3 is 2.71 bits per heavy atom. The third-order valence-corrected chi connectivity index (χ3v) is 1.73. The molecule has 0 aromatic carbocycles. The second-order valence-corrected chi connectivity index (χ2v) is 2.93. The summed E-state index contributed by atoms with van der Waals surface area (Å²) in [4.78, 5) is 0. The van der Waals surface area contributed by atoms with E-state index in [1.807, 2.05) is 11.5 Å². The van der Waals surface area contributed by atoms with Crippen LogP contribution in [0.3, 0.4) is 0 Å². The van der Waals surface area contributed by atoms with Gasteiger partial charge in [-0.3, -0.25) is 4.05 Å². The van der Waals surface area contributed by atoms with Crippen molar-refractivity contribution in [2.45, 2.75) is 0 Å². The van der Waals surface area contributed by atoms with E-state index < -0.39 is 0 Å². The molecule has 1 atom stereocenters. The lowest BCUT2D eigenvalue weighted by molar-refractivity contribution is -0.706. The van der Waals surface area contributed by atoms with Gasteiger partial charge in [-0.15, -0.1) is 0 Å². The SMILES string of the molecule is C[N+]1([O-])CC=CS1. The van der Waals surface area contributed by atoms with Crippen LogP contribution in [0.2, 0.25) is 0 Å². The summed E-state index contributed by atoms with van der Waals surface area (Å²) in [7, 11) is 1.64. The molecule has 7 heavy (non-hydrogen) atoms. The maximum Gasteiger partial charge on any atom is 0.109 e. The molecule has 1 aliphatic rings.